The molecule has 5 nitrogen and oxygen atoms in total. The summed E-state index contributed by atoms with van der Waals surface area (Å²) in [6.45, 7) is 8.07. The van der Waals surface area contributed by atoms with Gasteiger partial charge in [-0.3, -0.25) is 4.90 Å². The van der Waals surface area contributed by atoms with E-state index >= 15 is 0 Å². The van der Waals surface area contributed by atoms with Crippen LogP contribution in [0.2, 0.25) is 0 Å². The third kappa shape index (κ3) is 2.98. The van der Waals surface area contributed by atoms with Gasteiger partial charge < -0.3 is 9.55 Å². The number of aryl methyl sites for hydroxylation is 2. The van der Waals surface area contributed by atoms with Crippen molar-refractivity contribution in [3.05, 3.63) is 35.9 Å². The Morgan fingerprint density at radius 1 is 1.39 bits per heavy atom. The second-order valence-corrected chi connectivity index (χ2v) is 4.94. The molecule has 2 rings (SSSR count). The van der Waals surface area contributed by atoms with Gasteiger partial charge in [0.25, 0.3) is 0 Å². The molecule has 2 aromatic rings. The van der Waals surface area contributed by atoms with Crippen molar-refractivity contribution >= 4 is 0 Å². The second-order valence-electron chi connectivity index (χ2n) is 4.94. The number of aromatic nitrogens is 4. The summed E-state index contributed by atoms with van der Waals surface area (Å²) in [6, 6.07) is 0.411. The molecule has 0 saturated heterocycles. The van der Waals surface area contributed by atoms with E-state index in [9.17, 15) is 0 Å². The number of imidazole rings is 2. The Labute approximate surface area is 108 Å². The fourth-order valence-corrected chi connectivity index (χ4v) is 2.26. The van der Waals surface area contributed by atoms with Gasteiger partial charge in [0.1, 0.15) is 11.6 Å². The lowest BCUT2D eigenvalue weighted by molar-refractivity contribution is 0.271. The molecular formula is C13H21N5. The van der Waals surface area contributed by atoms with Gasteiger partial charge in [-0.15, -0.1) is 0 Å². The minimum absolute atomic E-state index is 0.411. The van der Waals surface area contributed by atoms with Crippen LogP contribution < -0.4 is 0 Å². The van der Waals surface area contributed by atoms with Crippen LogP contribution in [0.4, 0.5) is 0 Å². The molecule has 0 radical (unpaired) electrons. The number of aromatic amines is 1. The first-order valence-corrected chi connectivity index (χ1v) is 6.24. The van der Waals surface area contributed by atoms with E-state index in [0.29, 0.717) is 6.04 Å². The van der Waals surface area contributed by atoms with E-state index in [1.54, 1.807) is 0 Å². The van der Waals surface area contributed by atoms with E-state index in [-0.39, 0.29) is 0 Å². The van der Waals surface area contributed by atoms with E-state index in [0.717, 1.165) is 30.4 Å². The zero-order valence-electron chi connectivity index (χ0n) is 11.5. The minimum Gasteiger partial charge on any atom is -0.345 e. The molecule has 1 atom stereocenters. The number of likely N-dealkylation sites (N-methyl/N-ethyl adjacent to an activating group) is 1. The van der Waals surface area contributed by atoms with Gasteiger partial charge in [-0.05, 0) is 27.8 Å². The van der Waals surface area contributed by atoms with Gasteiger partial charge >= 0.3 is 0 Å². The van der Waals surface area contributed by atoms with Crippen LogP contribution in [-0.4, -0.2) is 38.0 Å². The van der Waals surface area contributed by atoms with E-state index in [4.69, 9.17) is 0 Å². The Hall–Kier alpha value is -1.62. The van der Waals surface area contributed by atoms with E-state index in [1.165, 1.54) is 0 Å². The van der Waals surface area contributed by atoms with Crippen LogP contribution in [-0.2, 0) is 6.54 Å². The summed E-state index contributed by atoms with van der Waals surface area (Å²) >= 11 is 0. The molecule has 0 aliphatic rings. The van der Waals surface area contributed by atoms with Gasteiger partial charge in [0.2, 0.25) is 0 Å². The molecule has 2 heterocycles. The Bertz CT molecular complexity index is 499. The third-order valence-corrected chi connectivity index (χ3v) is 3.09. The molecule has 0 saturated carbocycles. The zero-order chi connectivity index (χ0) is 13.1. The Morgan fingerprint density at radius 2 is 2.17 bits per heavy atom. The zero-order valence-corrected chi connectivity index (χ0v) is 11.5. The molecule has 0 aliphatic carbocycles. The Balaban J connectivity index is 1.91. The van der Waals surface area contributed by atoms with Gasteiger partial charge in [-0.1, -0.05) is 0 Å². The maximum Gasteiger partial charge on any atom is 0.120 e. The summed E-state index contributed by atoms with van der Waals surface area (Å²) < 4.78 is 2.20. The molecule has 0 unspecified atom stereocenters. The van der Waals surface area contributed by atoms with Crippen molar-refractivity contribution < 1.29 is 0 Å². The highest BCUT2D eigenvalue weighted by Gasteiger charge is 2.11. The predicted octanol–water partition coefficient (Wildman–Crippen LogP) is 1.92. The molecule has 98 valence electrons. The highest BCUT2D eigenvalue weighted by molar-refractivity contribution is 4.98. The molecule has 0 aliphatic heterocycles. The SMILES string of the molecule is Cc1cnc(CN(C)C[C@H](C)n2ccnc2C)[nH]1. The molecule has 1 N–H and O–H groups in total. The van der Waals surface area contributed by atoms with Crippen molar-refractivity contribution in [1.29, 1.82) is 0 Å². The standard InChI is InChI=1S/C13H21N5/c1-10-7-15-13(16-10)9-17(4)8-11(2)18-6-5-14-12(18)3/h5-7,11H,8-9H2,1-4H3,(H,15,16)/t11-/m0/s1. The maximum absolute atomic E-state index is 4.33. The van der Waals surface area contributed by atoms with Crippen LogP contribution in [0, 0.1) is 13.8 Å². The molecule has 0 bridgehead atoms. The van der Waals surface area contributed by atoms with Crippen LogP contribution in [0.15, 0.2) is 18.6 Å². The van der Waals surface area contributed by atoms with Gasteiger partial charge in [-0.25, -0.2) is 9.97 Å². The largest absolute Gasteiger partial charge is 0.345 e. The number of hydrogen-bond donors (Lipinski definition) is 1. The highest BCUT2D eigenvalue weighted by atomic mass is 15.2. The topological polar surface area (TPSA) is 49.7 Å². The minimum atomic E-state index is 0.411. The fourth-order valence-electron chi connectivity index (χ4n) is 2.26. The molecule has 0 aromatic carbocycles. The number of rotatable bonds is 5. The highest BCUT2D eigenvalue weighted by Crippen LogP contribution is 2.11. The monoisotopic (exact) mass is 247 g/mol. The van der Waals surface area contributed by atoms with Crippen LogP contribution in [0.1, 0.15) is 30.3 Å². The third-order valence-electron chi connectivity index (χ3n) is 3.09. The van der Waals surface area contributed by atoms with Gasteiger partial charge in [0.15, 0.2) is 0 Å². The van der Waals surface area contributed by atoms with Gasteiger partial charge in [0.05, 0.1) is 6.54 Å². The summed E-state index contributed by atoms with van der Waals surface area (Å²) in [4.78, 5) is 14.1. The van der Waals surface area contributed by atoms with Crippen molar-refractivity contribution in [2.24, 2.45) is 0 Å². The predicted molar refractivity (Wildman–Crippen MR) is 71.3 cm³/mol. The lowest BCUT2D eigenvalue weighted by Gasteiger charge is -2.22. The number of H-pyrrole nitrogens is 1. The Kier molecular flexibility index (Phi) is 3.81. The van der Waals surface area contributed by atoms with E-state index < -0.39 is 0 Å². The lowest BCUT2D eigenvalue weighted by Crippen LogP contribution is -2.26. The fraction of sp³-hybridized carbons (Fsp3) is 0.538. The summed E-state index contributed by atoms with van der Waals surface area (Å²) in [5, 5.41) is 0. The number of hydrogen-bond acceptors (Lipinski definition) is 3. The lowest BCUT2D eigenvalue weighted by atomic mass is 10.3. The first-order valence-electron chi connectivity index (χ1n) is 6.24. The van der Waals surface area contributed by atoms with E-state index in [1.807, 2.05) is 32.4 Å². The second kappa shape index (κ2) is 5.35. The molecule has 0 fully saturated rings. The summed E-state index contributed by atoms with van der Waals surface area (Å²) in [6.07, 6.45) is 5.75. The summed E-state index contributed by atoms with van der Waals surface area (Å²) in [7, 11) is 2.11. The van der Waals surface area contributed by atoms with Crippen molar-refractivity contribution in [3.8, 4) is 0 Å². The average molecular weight is 247 g/mol. The van der Waals surface area contributed by atoms with E-state index in [2.05, 4.69) is 38.4 Å². The van der Waals surface area contributed by atoms with Crippen molar-refractivity contribution in [3.63, 3.8) is 0 Å². The quantitative estimate of drug-likeness (QED) is 0.878. The van der Waals surface area contributed by atoms with Gasteiger partial charge in [0, 0.05) is 36.9 Å². The first-order chi connectivity index (χ1) is 8.56. The summed E-state index contributed by atoms with van der Waals surface area (Å²) in [5.41, 5.74) is 1.11. The van der Waals surface area contributed by atoms with Crippen LogP contribution >= 0.6 is 0 Å². The smallest absolute Gasteiger partial charge is 0.120 e. The average Bonchev–Trinajstić information content (AvgIpc) is 2.87. The molecule has 0 spiro atoms. The van der Waals surface area contributed by atoms with Crippen LogP contribution in [0.25, 0.3) is 0 Å². The van der Waals surface area contributed by atoms with Crippen LogP contribution in [0.5, 0.6) is 0 Å². The molecule has 18 heavy (non-hydrogen) atoms. The molecular weight excluding hydrogens is 226 g/mol. The number of nitrogens with zero attached hydrogens (tertiary/aromatic N) is 4. The first kappa shape index (κ1) is 12.8. The van der Waals surface area contributed by atoms with Crippen molar-refractivity contribution in [2.75, 3.05) is 13.6 Å². The molecule has 0 amide bonds. The molecule has 5 heteroatoms. The van der Waals surface area contributed by atoms with Gasteiger partial charge in [-0.2, -0.15) is 0 Å². The normalized spacial score (nSPS) is 13.2. The number of nitrogens with one attached hydrogen (secondary N) is 1. The van der Waals surface area contributed by atoms with Crippen molar-refractivity contribution in [2.45, 2.75) is 33.4 Å². The summed E-state index contributed by atoms with van der Waals surface area (Å²) in [5.74, 6) is 2.08. The van der Waals surface area contributed by atoms with Crippen LogP contribution in [0.3, 0.4) is 0 Å². The van der Waals surface area contributed by atoms with Crippen molar-refractivity contribution in [1.82, 2.24) is 24.4 Å². The molecule has 2 aromatic heterocycles. The maximum atomic E-state index is 4.33. The Morgan fingerprint density at radius 3 is 2.72 bits per heavy atom.